The summed E-state index contributed by atoms with van der Waals surface area (Å²) in [5.41, 5.74) is 0. The maximum Gasteiger partial charge on any atom is 0.266 e. The van der Waals surface area contributed by atoms with E-state index in [-0.39, 0.29) is 5.91 Å². The van der Waals surface area contributed by atoms with Gasteiger partial charge in [-0.05, 0) is 25.0 Å². The van der Waals surface area contributed by atoms with Crippen LogP contribution in [0.2, 0.25) is 0 Å². The highest BCUT2D eigenvalue weighted by Crippen LogP contribution is 2.37. The Morgan fingerprint density at radius 2 is 2.16 bits per heavy atom. The second kappa shape index (κ2) is 5.51. The van der Waals surface area contributed by atoms with Gasteiger partial charge in [0.25, 0.3) is 5.91 Å². The molecule has 3 nitrogen and oxygen atoms in total. The summed E-state index contributed by atoms with van der Waals surface area (Å²) in [5, 5.41) is 0. The number of hydrogen-bond acceptors (Lipinski definition) is 4. The van der Waals surface area contributed by atoms with Crippen LogP contribution in [0.5, 0.6) is 0 Å². The van der Waals surface area contributed by atoms with Gasteiger partial charge in [0.15, 0.2) is 0 Å². The summed E-state index contributed by atoms with van der Waals surface area (Å²) in [6.45, 7) is 0. The molecule has 19 heavy (non-hydrogen) atoms. The van der Waals surface area contributed by atoms with E-state index in [4.69, 9.17) is 16.6 Å². The Morgan fingerprint density at radius 1 is 1.37 bits per heavy atom. The van der Waals surface area contributed by atoms with Crippen LogP contribution in [0, 0.1) is 0 Å². The SMILES string of the molecule is O=C1/C(=C/c2ccco2)SC(=S)N1C1CCCCC1. The van der Waals surface area contributed by atoms with Crippen LogP contribution >= 0.6 is 24.0 Å². The van der Waals surface area contributed by atoms with E-state index in [1.807, 2.05) is 17.0 Å². The molecular formula is C14H15NO2S2. The fourth-order valence-corrected chi connectivity index (χ4v) is 4.02. The van der Waals surface area contributed by atoms with Crippen molar-refractivity contribution in [1.82, 2.24) is 4.90 Å². The van der Waals surface area contributed by atoms with Crippen molar-refractivity contribution in [2.75, 3.05) is 0 Å². The van der Waals surface area contributed by atoms with Gasteiger partial charge in [-0.3, -0.25) is 9.69 Å². The molecule has 0 atom stereocenters. The summed E-state index contributed by atoms with van der Waals surface area (Å²) >= 11 is 6.75. The van der Waals surface area contributed by atoms with Crippen LogP contribution < -0.4 is 0 Å². The molecule has 0 unspecified atom stereocenters. The minimum absolute atomic E-state index is 0.0401. The Labute approximate surface area is 122 Å². The zero-order valence-electron chi connectivity index (χ0n) is 10.5. The van der Waals surface area contributed by atoms with Crippen molar-refractivity contribution in [3.63, 3.8) is 0 Å². The Bertz CT molecular complexity index is 516. The first kappa shape index (κ1) is 12.9. The second-order valence-electron chi connectivity index (χ2n) is 4.86. The summed E-state index contributed by atoms with van der Waals surface area (Å²) < 4.78 is 5.95. The van der Waals surface area contributed by atoms with Crippen LogP contribution in [-0.4, -0.2) is 21.2 Å². The third-order valence-corrected chi connectivity index (χ3v) is 4.91. The van der Waals surface area contributed by atoms with E-state index in [1.54, 1.807) is 12.3 Å². The molecule has 2 aliphatic rings. The standard InChI is InChI=1S/C14H15NO2S2/c16-13-12(9-11-7-4-8-17-11)19-14(18)15(13)10-5-2-1-3-6-10/h4,7-10H,1-3,5-6H2/b12-9-. The average molecular weight is 293 g/mol. The summed E-state index contributed by atoms with van der Waals surface area (Å²) in [5.74, 6) is 0.738. The molecule has 1 saturated carbocycles. The highest BCUT2D eigenvalue weighted by Gasteiger charge is 2.37. The molecule has 1 aliphatic carbocycles. The highest BCUT2D eigenvalue weighted by atomic mass is 32.2. The monoisotopic (exact) mass is 293 g/mol. The number of rotatable bonds is 2. The highest BCUT2D eigenvalue weighted by molar-refractivity contribution is 8.26. The number of hydrogen-bond donors (Lipinski definition) is 0. The smallest absolute Gasteiger partial charge is 0.266 e. The number of thioether (sulfide) groups is 1. The zero-order chi connectivity index (χ0) is 13.2. The van der Waals surface area contributed by atoms with Crippen LogP contribution in [0.25, 0.3) is 6.08 Å². The van der Waals surface area contributed by atoms with Gasteiger partial charge in [-0.15, -0.1) is 0 Å². The van der Waals surface area contributed by atoms with Crippen molar-refractivity contribution >= 4 is 40.3 Å². The maximum atomic E-state index is 12.4. The third-order valence-electron chi connectivity index (χ3n) is 3.58. The molecular weight excluding hydrogens is 278 g/mol. The number of carbonyl (C=O) groups excluding carboxylic acids is 1. The van der Waals surface area contributed by atoms with Gasteiger partial charge in [0.2, 0.25) is 0 Å². The van der Waals surface area contributed by atoms with Crippen molar-refractivity contribution in [2.24, 2.45) is 0 Å². The molecule has 1 aliphatic heterocycles. The van der Waals surface area contributed by atoms with Crippen LogP contribution in [0.4, 0.5) is 0 Å². The van der Waals surface area contributed by atoms with Gasteiger partial charge in [-0.25, -0.2) is 0 Å². The quantitative estimate of drug-likeness (QED) is 0.613. The summed E-state index contributed by atoms with van der Waals surface area (Å²) in [6.07, 6.45) is 9.18. The van der Waals surface area contributed by atoms with E-state index in [1.165, 1.54) is 31.0 Å². The number of furan rings is 1. The van der Waals surface area contributed by atoms with Crippen molar-refractivity contribution < 1.29 is 9.21 Å². The van der Waals surface area contributed by atoms with Crippen LogP contribution in [0.1, 0.15) is 37.9 Å². The molecule has 0 N–H and O–H groups in total. The molecule has 1 saturated heterocycles. The van der Waals surface area contributed by atoms with Crippen molar-refractivity contribution in [1.29, 1.82) is 0 Å². The fourth-order valence-electron chi connectivity index (χ4n) is 2.64. The average Bonchev–Trinajstić information content (AvgIpc) is 3.01. The molecule has 5 heteroatoms. The van der Waals surface area contributed by atoms with Gasteiger partial charge in [-0.1, -0.05) is 43.2 Å². The van der Waals surface area contributed by atoms with Crippen molar-refractivity contribution in [3.8, 4) is 0 Å². The molecule has 100 valence electrons. The number of thiocarbonyl (C=S) groups is 1. The number of amides is 1. The second-order valence-corrected chi connectivity index (χ2v) is 6.53. The van der Waals surface area contributed by atoms with E-state index < -0.39 is 0 Å². The lowest BCUT2D eigenvalue weighted by atomic mass is 9.94. The molecule has 1 aromatic heterocycles. The van der Waals surface area contributed by atoms with E-state index in [0.717, 1.165) is 12.8 Å². The molecule has 2 heterocycles. The van der Waals surface area contributed by atoms with E-state index in [9.17, 15) is 4.79 Å². The molecule has 2 fully saturated rings. The Morgan fingerprint density at radius 3 is 2.84 bits per heavy atom. The van der Waals surface area contributed by atoms with Crippen molar-refractivity contribution in [3.05, 3.63) is 29.1 Å². The van der Waals surface area contributed by atoms with Crippen molar-refractivity contribution in [2.45, 2.75) is 38.1 Å². The molecule has 3 rings (SSSR count). The first-order chi connectivity index (χ1) is 9.25. The lowest BCUT2D eigenvalue weighted by molar-refractivity contribution is -0.124. The first-order valence-electron chi connectivity index (χ1n) is 6.56. The van der Waals surface area contributed by atoms with Crippen LogP contribution in [-0.2, 0) is 4.79 Å². The zero-order valence-corrected chi connectivity index (χ0v) is 12.1. The summed E-state index contributed by atoms with van der Waals surface area (Å²) in [4.78, 5) is 14.9. The van der Waals surface area contributed by atoms with Gasteiger partial charge in [0.1, 0.15) is 10.1 Å². The van der Waals surface area contributed by atoms with E-state index in [0.29, 0.717) is 21.0 Å². The molecule has 1 aromatic rings. The Balaban J connectivity index is 1.80. The topological polar surface area (TPSA) is 33.5 Å². The molecule has 1 amide bonds. The van der Waals surface area contributed by atoms with E-state index >= 15 is 0 Å². The first-order valence-corrected chi connectivity index (χ1v) is 7.79. The predicted molar refractivity (Wildman–Crippen MR) is 80.6 cm³/mol. The van der Waals surface area contributed by atoms with Gasteiger partial charge in [0.05, 0.1) is 11.2 Å². The lowest BCUT2D eigenvalue weighted by Gasteiger charge is -2.29. The van der Waals surface area contributed by atoms with Gasteiger partial charge in [-0.2, -0.15) is 0 Å². The fraction of sp³-hybridized carbons (Fsp3) is 0.429. The largest absolute Gasteiger partial charge is 0.465 e. The Kier molecular flexibility index (Phi) is 3.75. The van der Waals surface area contributed by atoms with Crippen LogP contribution in [0.3, 0.4) is 0 Å². The predicted octanol–water partition coefficient (Wildman–Crippen LogP) is 3.81. The Hall–Kier alpha value is -1.07. The number of nitrogens with zero attached hydrogens (tertiary/aromatic N) is 1. The number of carbonyl (C=O) groups is 1. The summed E-state index contributed by atoms with van der Waals surface area (Å²) in [7, 11) is 0. The molecule has 0 radical (unpaired) electrons. The normalized spacial score (nSPS) is 23.6. The van der Waals surface area contributed by atoms with Gasteiger partial charge in [0, 0.05) is 12.1 Å². The van der Waals surface area contributed by atoms with Gasteiger partial charge < -0.3 is 4.42 Å². The lowest BCUT2D eigenvalue weighted by Crippen LogP contribution is -2.39. The molecule has 0 spiro atoms. The minimum atomic E-state index is 0.0401. The molecule has 0 aromatic carbocycles. The minimum Gasteiger partial charge on any atom is -0.465 e. The third kappa shape index (κ3) is 2.62. The van der Waals surface area contributed by atoms with Gasteiger partial charge >= 0.3 is 0 Å². The van der Waals surface area contributed by atoms with E-state index in [2.05, 4.69) is 0 Å². The maximum absolute atomic E-state index is 12.4. The van der Waals surface area contributed by atoms with Crippen LogP contribution in [0.15, 0.2) is 27.7 Å². The summed E-state index contributed by atoms with van der Waals surface area (Å²) in [6, 6.07) is 3.95. The molecule has 0 bridgehead atoms.